The van der Waals surface area contributed by atoms with E-state index >= 15 is 0 Å². The lowest BCUT2D eigenvalue weighted by Crippen LogP contribution is -2.51. The molecule has 1 amide bonds. The molecule has 178 valence electrons. The number of aryl methyl sites for hydroxylation is 1. The monoisotopic (exact) mass is 468 g/mol. The molecular weight excluding hydrogens is 441 g/mol. The zero-order chi connectivity index (χ0) is 24.3. The van der Waals surface area contributed by atoms with Crippen LogP contribution in [0.1, 0.15) is 41.3 Å². The third-order valence-corrected chi connectivity index (χ3v) is 6.36. The van der Waals surface area contributed by atoms with Crippen LogP contribution in [0.15, 0.2) is 61.1 Å². The lowest BCUT2D eigenvalue weighted by atomic mass is 9.89. The summed E-state index contributed by atoms with van der Waals surface area (Å²) < 4.78 is 38.5. The molecule has 8 heteroatoms. The maximum absolute atomic E-state index is 13.8. The largest absolute Gasteiger partial charge is 0.417 e. The molecule has 2 atom stereocenters. The van der Waals surface area contributed by atoms with E-state index in [0.717, 1.165) is 41.8 Å². The van der Waals surface area contributed by atoms with Crippen LogP contribution in [0, 0.1) is 12.8 Å². The first-order valence-electron chi connectivity index (χ1n) is 11.3. The number of hydrogen-bond acceptors (Lipinski definition) is 4. The standard InChI is InChI=1S/C26H27F3N4O/c1-17-5-7-21(19-9-11-30-12-10-19)22(14-17)25(34)33-13-3-4-18(2)23(33)16-32-24-8-6-20(15-31-24)26(27,28)29/h5-12,14-15,18,23H,3-4,13,16H2,1-2H3,(H,31,32)/t18-,23-/m0/s1. The highest BCUT2D eigenvalue weighted by atomic mass is 19.4. The Kier molecular flexibility index (Phi) is 6.86. The fourth-order valence-corrected chi connectivity index (χ4v) is 4.46. The molecule has 1 aliphatic heterocycles. The van der Waals surface area contributed by atoms with Crippen molar-refractivity contribution < 1.29 is 18.0 Å². The first kappa shape index (κ1) is 23.7. The van der Waals surface area contributed by atoms with Crippen molar-refractivity contribution in [2.75, 3.05) is 18.4 Å². The fraction of sp³-hybridized carbons (Fsp3) is 0.346. The van der Waals surface area contributed by atoms with Crippen LogP contribution in [-0.4, -0.2) is 39.9 Å². The van der Waals surface area contributed by atoms with Gasteiger partial charge in [0.05, 0.1) is 11.6 Å². The van der Waals surface area contributed by atoms with E-state index in [0.29, 0.717) is 24.5 Å². The maximum Gasteiger partial charge on any atom is 0.417 e. The third kappa shape index (κ3) is 5.21. The summed E-state index contributed by atoms with van der Waals surface area (Å²) in [5, 5.41) is 3.14. The number of pyridine rings is 2. The minimum atomic E-state index is -4.42. The lowest BCUT2D eigenvalue weighted by Gasteiger charge is -2.40. The van der Waals surface area contributed by atoms with Crippen LogP contribution in [0.4, 0.5) is 19.0 Å². The molecule has 5 nitrogen and oxygen atoms in total. The van der Waals surface area contributed by atoms with E-state index in [1.807, 2.05) is 42.2 Å². The van der Waals surface area contributed by atoms with Gasteiger partial charge in [-0.15, -0.1) is 0 Å². The molecule has 0 radical (unpaired) electrons. The Morgan fingerprint density at radius 1 is 1.15 bits per heavy atom. The Morgan fingerprint density at radius 2 is 1.91 bits per heavy atom. The Morgan fingerprint density at radius 3 is 2.59 bits per heavy atom. The molecule has 1 aliphatic rings. The number of carbonyl (C=O) groups excluding carboxylic acids is 1. The molecule has 3 heterocycles. The number of likely N-dealkylation sites (tertiary alicyclic amines) is 1. The first-order valence-corrected chi connectivity index (χ1v) is 11.3. The second-order valence-electron chi connectivity index (χ2n) is 8.78. The van der Waals surface area contributed by atoms with Gasteiger partial charge in [-0.3, -0.25) is 9.78 Å². The number of anilines is 1. The van der Waals surface area contributed by atoms with E-state index in [4.69, 9.17) is 0 Å². The number of piperidine rings is 1. The average Bonchev–Trinajstić information content (AvgIpc) is 2.83. The van der Waals surface area contributed by atoms with Crippen LogP contribution in [0.5, 0.6) is 0 Å². The van der Waals surface area contributed by atoms with E-state index in [1.54, 1.807) is 12.4 Å². The number of rotatable bonds is 5. The van der Waals surface area contributed by atoms with Crippen molar-refractivity contribution in [3.8, 4) is 11.1 Å². The summed E-state index contributed by atoms with van der Waals surface area (Å²) in [5.41, 5.74) is 2.62. The molecule has 0 unspecified atom stereocenters. The van der Waals surface area contributed by atoms with Crippen LogP contribution in [-0.2, 0) is 6.18 Å². The van der Waals surface area contributed by atoms with E-state index in [9.17, 15) is 18.0 Å². The van der Waals surface area contributed by atoms with Crippen LogP contribution >= 0.6 is 0 Å². The summed E-state index contributed by atoms with van der Waals surface area (Å²) in [4.78, 5) is 23.7. The van der Waals surface area contributed by atoms with Gasteiger partial charge in [-0.25, -0.2) is 4.98 Å². The molecule has 0 spiro atoms. The second kappa shape index (κ2) is 9.83. The lowest BCUT2D eigenvalue weighted by molar-refractivity contribution is -0.137. The molecule has 2 aromatic heterocycles. The summed E-state index contributed by atoms with van der Waals surface area (Å²) in [6.45, 7) is 5.09. The number of halogens is 3. The summed E-state index contributed by atoms with van der Waals surface area (Å²) in [6.07, 6.45) is 1.68. The molecule has 1 saturated heterocycles. The van der Waals surface area contributed by atoms with Crippen molar-refractivity contribution >= 4 is 11.7 Å². The molecule has 34 heavy (non-hydrogen) atoms. The minimum absolute atomic E-state index is 0.0470. The van der Waals surface area contributed by atoms with Crippen molar-refractivity contribution in [2.24, 2.45) is 5.92 Å². The maximum atomic E-state index is 13.8. The molecule has 0 aliphatic carbocycles. The number of aromatic nitrogens is 2. The smallest absolute Gasteiger partial charge is 0.368 e. The zero-order valence-electron chi connectivity index (χ0n) is 19.1. The van der Waals surface area contributed by atoms with E-state index in [-0.39, 0.29) is 17.9 Å². The number of nitrogens with one attached hydrogen (secondary N) is 1. The van der Waals surface area contributed by atoms with Gasteiger partial charge in [0, 0.05) is 37.2 Å². The van der Waals surface area contributed by atoms with Crippen molar-refractivity contribution in [3.05, 3.63) is 77.7 Å². The van der Waals surface area contributed by atoms with Crippen LogP contribution in [0.2, 0.25) is 0 Å². The van der Waals surface area contributed by atoms with Crippen molar-refractivity contribution in [2.45, 2.75) is 38.9 Å². The van der Waals surface area contributed by atoms with Crippen LogP contribution < -0.4 is 5.32 Å². The Labute approximate surface area is 197 Å². The van der Waals surface area contributed by atoms with Gasteiger partial charge in [0.15, 0.2) is 0 Å². The molecule has 1 fully saturated rings. The van der Waals surface area contributed by atoms with Gasteiger partial charge in [0.1, 0.15) is 5.82 Å². The van der Waals surface area contributed by atoms with Gasteiger partial charge in [-0.2, -0.15) is 13.2 Å². The number of alkyl halides is 3. The molecule has 3 aromatic rings. The van der Waals surface area contributed by atoms with Gasteiger partial charge in [-0.05, 0) is 67.1 Å². The van der Waals surface area contributed by atoms with Crippen molar-refractivity contribution in [3.63, 3.8) is 0 Å². The molecule has 4 rings (SSSR count). The summed E-state index contributed by atoms with van der Waals surface area (Å²) in [5.74, 6) is 0.536. The molecular formula is C26H27F3N4O. The first-order chi connectivity index (χ1) is 16.2. The number of carbonyl (C=O) groups is 1. The molecule has 1 N–H and O–H groups in total. The van der Waals surface area contributed by atoms with Crippen LogP contribution in [0.3, 0.4) is 0 Å². The van der Waals surface area contributed by atoms with E-state index in [2.05, 4.69) is 22.2 Å². The van der Waals surface area contributed by atoms with Crippen molar-refractivity contribution in [1.29, 1.82) is 0 Å². The average molecular weight is 469 g/mol. The summed E-state index contributed by atoms with van der Waals surface area (Å²) in [7, 11) is 0. The second-order valence-corrected chi connectivity index (χ2v) is 8.78. The van der Waals surface area contributed by atoms with E-state index in [1.165, 1.54) is 6.07 Å². The van der Waals surface area contributed by atoms with E-state index < -0.39 is 11.7 Å². The summed E-state index contributed by atoms with van der Waals surface area (Å²) >= 11 is 0. The topological polar surface area (TPSA) is 58.1 Å². The van der Waals surface area contributed by atoms with Gasteiger partial charge < -0.3 is 10.2 Å². The van der Waals surface area contributed by atoms with Crippen LogP contribution in [0.25, 0.3) is 11.1 Å². The van der Waals surface area contributed by atoms with Gasteiger partial charge in [-0.1, -0.05) is 24.6 Å². The number of benzene rings is 1. The highest BCUT2D eigenvalue weighted by Crippen LogP contribution is 2.31. The third-order valence-electron chi connectivity index (χ3n) is 6.36. The fourth-order valence-electron chi connectivity index (χ4n) is 4.46. The number of hydrogen-bond donors (Lipinski definition) is 1. The number of nitrogens with zero attached hydrogens (tertiary/aromatic N) is 3. The molecule has 1 aromatic carbocycles. The Bertz CT molecular complexity index is 1130. The van der Waals surface area contributed by atoms with Gasteiger partial charge in [0.2, 0.25) is 0 Å². The van der Waals surface area contributed by atoms with Crippen molar-refractivity contribution in [1.82, 2.24) is 14.9 Å². The Hall–Kier alpha value is -3.42. The summed E-state index contributed by atoms with van der Waals surface area (Å²) in [6, 6.07) is 11.9. The number of amides is 1. The van der Waals surface area contributed by atoms with Gasteiger partial charge >= 0.3 is 6.18 Å². The Balaban J connectivity index is 1.57. The zero-order valence-corrected chi connectivity index (χ0v) is 19.1. The quantitative estimate of drug-likeness (QED) is 0.512. The predicted octanol–water partition coefficient (Wildman–Crippen LogP) is 5.82. The SMILES string of the molecule is Cc1ccc(-c2ccncc2)c(C(=O)N2CCC[C@H](C)[C@@H]2CNc2ccc(C(F)(F)F)cn2)c1. The predicted molar refractivity (Wildman–Crippen MR) is 125 cm³/mol. The molecule has 0 saturated carbocycles. The highest BCUT2D eigenvalue weighted by Gasteiger charge is 2.34. The molecule has 0 bridgehead atoms. The minimum Gasteiger partial charge on any atom is -0.368 e. The normalized spacial score (nSPS) is 18.6. The van der Waals surface area contributed by atoms with Gasteiger partial charge in [0.25, 0.3) is 5.91 Å². The highest BCUT2D eigenvalue weighted by molar-refractivity contribution is 6.01.